The number of rotatable bonds is 1. The smallest absolute Gasteiger partial charge is 0.105 e. The minimum absolute atomic E-state index is 0. The zero-order valence-corrected chi connectivity index (χ0v) is 8.75. The van der Waals surface area contributed by atoms with E-state index in [1.165, 1.54) is 0 Å². The summed E-state index contributed by atoms with van der Waals surface area (Å²) in [6.45, 7) is 1.70. The summed E-state index contributed by atoms with van der Waals surface area (Å²) in [4.78, 5) is -0.222. The standard InChI is InChI=1S/2C2H4Cl2.ClH/c1-2(3)4;3-1-2-4;/h2H,1H3;1-2H2;1H. The van der Waals surface area contributed by atoms with Crippen molar-refractivity contribution in [2.45, 2.75) is 11.8 Å². The molecule has 0 aromatic carbocycles. The lowest BCUT2D eigenvalue weighted by Gasteiger charge is -1.72. The molecule has 0 atom stereocenters. The van der Waals surface area contributed by atoms with Crippen molar-refractivity contribution in [3.05, 3.63) is 0 Å². The van der Waals surface area contributed by atoms with Crippen LogP contribution in [0.5, 0.6) is 0 Å². The van der Waals surface area contributed by atoms with Gasteiger partial charge in [0.05, 0.1) is 0 Å². The fourth-order valence-electron chi connectivity index (χ4n) is 0. The van der Waals surface area contributed by atoms with Gasteiger partial charge in [-0.1, -0.05) is 0 Å². The summed E-state index contributed by atoms with van der Waals surface area (Å²) in [6.07, 6.45) is 0. The summed E-state index contributed by atoms with van der Waals surface area (Å²) in [7, 11) is 0. The van der Waals surface area contributed by atoms with E-state index in [2.05, 4.69) is 0 Å². The molecular weight excluding hydrogens is 225 g/mol. The summed E-state index contributed by atoms with van der Waals surface area (Å²) in [5.74, 6) is 1.11. The molecule has 0 N–H and O–H groups in total. The molecule has 0 radical (unpaired) electrons. The Kier molecular flexibility index (Phi) is 30.3. The Hall–Kier alpha value is 1.45. The average Bonchev–Trinajstić information content (AvgIpc) is 1.65. The van der Waals surface area contributed by atoms with Crippen molar-refractivity contribution in [1.82, 2.24) is 0 Å². The first-order valence-electron chi connectivity index (χ1n) is 2.05. The molecule has 0 amide bonds. The first-order valence-corrected chi connectivity index (χ1v) is 3.99. The van der Waals surface area contributed by atoms with Gasteiger partial charge in [0.2, 0.25) is 0 Å². The third kappa shape index (κ3) is 87.4. The van der Waals surface area contributed by atoms with Gasteiger partial charge in [0.25, 0.3) is 0 Å². The molecule has 0 bridgehead atoms. The predicted molar refractivity (Wildman–Crippen MR) is 49.9 cm³/mol. The van der Waals surface area contributed by atoms with Crippen LogP contribution in [0.1, 0.15) is 6.92 Å². The molecule has 0 aromatic rings. The first kappa shape index (κ1) is 16.8. The fourth-order valence-corrected chi connectivity index (χ4v) is 0. The maximum atomic E-state index is 5.05. The van der Waals surface area contributed by atoms with Crippen LogP contribution in [-0.2, 0) is 0 Å². The highest BCUT2D eigenvalue weighted by atomic mass is 35.5. The van der Waals surface area contributed by atoms with Gasteiger partial charge in [-0.25, -0.2) is 0 Å². The van der Waals surface area contributed by atoms with Crippen LogP contribution in [0.3, 0.4) is 0 Å². The molecule has 0 aliphatic carbocycles. The number of halogens is 5. The molecule has 0 saturated carbocycles. The molecule has 0 aromatic heterocycles. The summed E-state index contributed by atoms with van der Waals surface area (Å²) in [5, 5.41) is 0. The Labute approximate surface area is 82.2 Å². The second-order valence-electron chi connectivity index (χ2n) is 0.897. The van der Waals surface area contributed by atoms with E-state index >= 15 is 0 Å². The van der Waals surface area contributed by atoms with Gasteiger partial charge in [0.1, 0.15) is 4.84 Å². The highest BCUT2D eigenvalue weighted by molar-refractivity contribution is 6.43. The Morgan fingerprint density at radius 3 is 1.22 bits per heavy atom. The minimum Gasteiger partial charge on any atom is -0.147 e. The van der Waals surface area contributed by atoms with E-state index in [0.29, 0.717) is 11.8 Å². The molecule has 5 heteroatoms. The lowest BCUT2D eigenvalue weighted by Crippen LogP contribution is -1.63. The van der Waals surface area contributed by atoms with Gasteiger partial charge in [-0.2, -0.15) is 0 Å². The van der Waals surface area contributed by atoms with Crippen molar-refractivity contribution >= 4 is 58.8 Å². The van der Waals surface area contributed by atoms with Crippen LogP contribution in [0.2, 0.25) is 0 Å². The SMILES string of the molecule is CC(Cl)Cl.Cl.ClCCCl. The van der Waals surface area contributed by atoms with E-state index < -0.39 is 0 Å². The second-order valence-corrected chi connectivity index (χ2v) is 3.19. The minimum atomic E-state index is -0.222. The van der Waals surface area contributed by atoms with Gasteiger partial charge in [-0.15, -0.1) is 58.8 Å². The van der Waals surface area contributed by atoms with E-state index in [1.807, 2.05) is 0 Å². The zero-order chi connectivity index (χ0) is 6.99. The zero-order valence-electron chi connectivity index (χ0n) is 4.91. The van der Waals surface area contributed by atoms with E-state index in [9.17, 15) is 0 Å². The molecular formula is C4H9Cl5. The van der Waals surface area contributed by atoms with Crippen molar-refractivity contribution in [2.24, 2.45) is 0 Å². The molecule has 0 saturated heterocycles. The molecule has 0 heterocycles. The maximum Gasteiger partial charge on any atom is 0.105 e. The topological polar surface area (TPSA) is 0 Å². The summed E-state index contributed by atoms with van der Waals surface area (Å²) >= 11 is 20.2. The van der Waals surface area contributed by atoms with Crippen LogP contribution in [0.4, 0.5) is 0 Å². The lowest BCUT2D eigenvalue weighted by molar-refractivity contribution is 1.39. The Bertz CT molecular complexity index is 25.4. The number of alkyl halides is 4. The molecule has 0 spiro atoms. The average molecular weight is 234 g/mol. The Morgan fingerprint density at radius 2 is 1.22 bits per heavy atom. The van der Waals surface area contributed by atoms with Crippen molar-refractivity contribution in [2.75, 3.05) is 11.8 Å². The Morgan fingerprint density at radius 1 is 1.11 bits per heavy atom. The van der Waals surface area contributed by atoms with Crippen LogP contribution < -0.4 is 0 Å². The van der Waals surface area contributed by atoms with Crippen molar-refractivity contribution in [3.63, 3.8) is 0 Å². The molecule has 0 rings (SSSR count). The first-order chi connectivity index (χ1) is 3.65. The molecule has 0 aliphatic heterocycles. The highest BCUT2D eigenvalue weighted by Crippen LogP contribution is 1.95. The van der Waals surface area contributed by atoms with Crippen LogP contribution in [0, 0.1) is 0 Å². The predicted octanol–water partition coefficient (Wildman–Crippen LogP) is 3.70. The van der Waals surface area contributed by atoms with E-state index in [4.69, 9.17) is 46.4 Å². The van der Waals surface area contributed by atoms with Crippen molar-refractivity contribution in [3.8, 4) is 0 Å². The number of hydrogen-bond donors (Lipinski definition) is 0. The summed E-state index contributed by atoms with van der Waals surface area (Å²) in [5.41, 5.74) is 0. The van der Waals surface area contributed by atoms with Crippen molar-refractivity contribution in [1.29, 1.82) is 0 Å². The van der Waals surface area contributed by atoms with E-state index in [1.54, 1.807) is 6.92 Å². The van der Waals surface area contributed by atoms with Gasteiger partial charge < -0.3 is 0 Å². The quantitative estimate of drug-likeness (QED) is 0.607. The summed E-state index contributed by atoms with van der Waals surface area (Å²) in [6, 6.07) is 0. The molecule has 0 unspecified atom stereocenters. The van der Waals surface area contributed by atoms with E-state index in [0.717, 1.165) is 0 Å². The molecule has 0 nitrogen and oxygen atoms in total. The molecule has 60 valence electrons. The third-order valence-electron chi connectivity index (χ3n) is 0.0714. The van der Waals surface area contributed by atoms with E-state index in [-0.39, 0.29) is 17.2 Å². The van der Waals surface area contributed by atoms with Crippen LogP contribution in [-0.4, -0.2) is 16.6 Å². The molecule has 0 fully saturated rings. The lowest BCUT2D eigenvalue weighted by atomic mass is 11.0. The van der Waals surface area contributed by atoms with Gasteiger partial charge >= 0.3 is 0 Å². The van der Waals surface area contributed by atoms with Gasteiger partial charge in [0, 0.05) is 11.8 Å². The van der Waals surface area contributed by atoms with Crippen LogP contribution in [0.25, 0.3) is 0 Å². The van der Waals surface area contributed by atoms with Crippen LogP contribution in [0.15, 0.2) is 0 Å². The van der Waals surface area contributed by atoms with Gasteiger partial charge in [0.15, 0.2) is 0 Å². The molecule has 0 aliphatic rings. The van der Waals surface area contributed by atoms with Gasteiger partial charge in [-0.3, -0.25) is 0 Å². The summed E-state index contributed by atoms with van der Waals surface area (Å²) < 4.78 is 0. The fraction of sp³-hybridized carbons (Fsp3) is 1.00. The van der Waals surface area contributed by atoms with Crippen molar-refractivity contribution < 1.29 is 0 Å². The highest BCUT2D eigenvalue weighted by Gasteiger charge is 1.75. The molecule has 9 heavy (non-hydrogen) atoms. The monoisotopic (exact) mass is 232 g/mol. The second kappa shape index (κ2) is 16.2. The Balaban J connectivity index is -0.0000000720. The third-order valence-corrected chi connectivity index (χ3v) is 0.643. The largest absolute Gasteiger partial charge is 0.147 e. The maximum absolute atomic E-state index is 5.05. The normalized spacial score (nSPS) is 7.33. The van der Waals surface area contributed by atoms with Gasteiger partial charge in [-0.05, 0) is 6.92 Å². The van der Waals surface area contributed by atoms with Crippen LogP contribution >= 0.6 is 58.8 Å². The number of hydrogen-bond acceptors (Lipinski definition) is 0.